The van der Waals surface area contributed by atoms with E-state index in [1.807, 2.05) is 20.8 Å². The van der Waals surface area contributed by atoms with Crippen molar-refractivity contribution in [1.29, 1.82) is 0 Å². The Morgan fingerprint density at radius 3 is 2.50 bits per heavy atom. The molecule has 0 saturated carbocycles. The lowest BCUT2D eigenvalue weighted by molar-refractivity contribution is 0.0145. The quantitative estimate of drug-likeness (QED) is 0.205. The molecule has 10 nitrogen and oxygen atoms in total. The molecule has 11 heteroatoms. The molecule has 0 radical (unpaired) electrons. The van der Waals surface area contributed by atoms with Crippen LogP contribution in [-0.2, 0) is 17.7 Å². The molecule has 0 aromatic carbocycles. The number of hydrogen-bond donors (Lipinski definition) is 2. The second-order valence-electron chi connectivity index (χ2n) is 8.64. The number of nitrogens with one attached hydrogen (secondary N) is 2. The Bertz CT molecular complexity index is 696. The predicted octanol–water partition coefficient (Wildman–Crippen LogP) is 1.96. The van der Waals surface area contributed by atoms with Crippen LogP contribution in [0.1, 0.15) is 46.9 Å². The van der Waals surface area contributed by atoms with Gasteiger partial charge >= 0.3 is 6.09 Å². The number of rotatable bonds is 9. The second kappa shape index (κ2) is 14.5. The molecule has 1 aliphatic heterocycles. The zero-order valence-corrected chi connectivity index (χ0v) is 22.6. The molecule has 1 saturated heterocycles. The lowest BCUT2D eigenvalue weighted by Crippen LogP contribution is -2.50. The van der Waals surface area contributed by atoms with Crippen molar-refractivity contribution in [3.8, 4) is 0 Å². The summed E-state index contributed by atoms with van der Waals surface area (Å²) in [5.41, 5.74) is -0.446. The van der Waals surface area contributed by atoms with E-state index >= 15 is 0 Å². The van der Waals surface area contributed by atoms with E-state index in [4.69, 9.17) is 4.74 Å². The number of piperazine rings is 1. The zero-order chi connectivity index (χ0) is 22.7. The molecule has 1 aliphatic rings. The van der Waals surface area contributed by atoms with Crippen LogP contribution >= 0.6 is 24.0 Å². The Balaban J connectivity index is 0.00000512. The normalized spacial score (nSPS) is 15.3. The van der Waals surface area contributed by atoms with Gasteiger partial charge in [0.2, 0.25) is 0 Å². The van der Waals surface area contributed by atoms with Gasteiger partial charge in [0.1, 0.15) is 17.8 Å². The average Bonchev–Trinajstić information content (AvgIpc) is 3.18. The number of hydrogen-bond acceptors (Lipinski definition) is 6. The van der Waals surface area contributed by atoms with Crippen molar-refractivity contribution in [2.24, 2.45) is 4.99 Å². The summed E-state index contributed by atoms with van der Waals surface area (Å²) in [6, 6.07) is 0. The van der Waals surface area contributed by atoms with Gasteiger partial charge in [-0.3, -0.25) is 9.89 Å². The van der Waals surface area contributed by atoms with Gasteiger partial charge in [0, 0.05) is 65.3 Å². The summed E-state index contributed by atoms with van der Waals surface area (Å²) >= 11 is 0. The number of carbonyl (C=O) groups excluding carboxylic acids is 1. The third kappa shape index (κ3) is 10.3. The predicted molar refractivity (Wildman–Crippen MR) is 138 cm³/mol. The minimum absolute atomic E-state index is 0. The van der Waals surface area contributed by atoms with Gasteiger partial charge < -0.3 is 24.8 Å². The van der Waals surface area contributed by atoms with Gasteiger partial charge in [-0.1, -0.05) is 6.92 Å². The van der Waals surface area contributed by atoms with Crippen LogP contribution in [0.5, 0.6) is 0 Å². The van der Waals surface area contributed by atoms with Crippen molar-refractivity contribution in [1.82, 2.24) is 35.2 Å². The molecular weight excluding hydrogens is 523 g/mol. The summed E-state index contributed by atoms with van der Waals surface area (Å²) in [4.78, 5) is 21.0. The van der Waals surface area contributed by atoms with E-state index in [0.29, 0.717) is 13.1 Å². The first kappa shape index (κ1) is 28.4. The molecule has 0 atom stereocenters. The van der Waals surface area contributed by atoms with E-state index < -0.39 is 5.60 Å². The third-order valence-corrected chi connectivity index (χ3v) is 4.93. The lowest BCUT2D eigenvalue weighted by atomic mass is 10.2. The van der Waals surface area contributed by atoms with Gasteiger partial charge in [-0.2, -0.15) is 0 Å². The number of ether oxygens (including phenoxy) is 1. The molecule has 0 bridgehead atoms. The van der Waals surface area contributed by atoms with Crippen molar-refractivity contribution in [3.63, 3.8) is 0 Å². The maximum atomic E-state index is 12.2. The fraction of sp³-hybridized carbons (Fsp3) is 0.810. The van der Waals surface area contributed by atoms with E-state index in [1.165, 1.54) is 0 Å². The molecule has 1 aromatic heterocycles. The molecular formula is C21H41IN8O2. The summed E-state index contributed by atoms with van der Waals surface area (Å²) in [6.07, 6.45) is 3.41. The summed E-state index contributed by atoms with van der Waals surface area (Å²) < 4.78 is 7.52. The minimum atomic E-state index is -0.446. The number of nitrogens with zero attached hydrogens (tertiary/aromatic N) is 6. The summed E-state index contributed by atoms with van der Waals surface area (Å²) in [5.74, 6) is 1.83. The SMILES string of the molecule is CCNC(=NCCCN1CCN(C(=O)OC(C)(C)C)CC1)NCCn1cnnc1CC.I. The van der Waals surface area contributed by atoms with Crippen LogP contribution in [0.15, 0.2) is 11.3 Å². The van der Waals surface area contributed by atoms with Crippen LogP contribution in [0.25, 0.3) is 0 Å². The molecule has 2 rings (SSSR count). The van der Waals surface area contributed by atoms with Crippen LogP contribution in [0.3, 0.4) is 0 Å². The van der Waals surface area contributed by atoms with Crippen molar-refractivity contribution in [3.05, 3.63) is 12.2 Å². The second-order valence-corrected chi connectivity index (χ2v) is 8.64. The molecule has 184 valence electrons. The first-order valence-electron chi connectivity index (χ1n) is 11.4. The minimum Gasteiger partial charge on any atom is -0.444 e. The van der Waals surface area contributed by atoms with Crippen LogP contribution in [0, 0.1) is 0 Å². The molecule has 0 unspecified atom stereocenters. The van der Waals surface area contributed by atoms with Crippen LogP contribution in [0.2, 0.25) is 0 Å². The van der Waals surface area contributed by atoms with E-state index in [2.05, 4.69) is 49.1 Å². The van der Waals surface area contributed by atoms with E-state index in [9.17, 15) is 4.79 Å². The number of amides is 1. The number of aliphatic imine (C=N–C) groups is 1. The summed E-state index contributed by atoms with van der Waals surface area (Å²) in [5, 5.41) is 14.7. The molecule has 1 fully saturated rings. The largest absolute Gasteiger partial charge is 0.444 e. The Labute approximate surface area is 209 Å². The molecule has 0 spiro atoms. The Morgan fingerprint density at radius 2 is 1.88 bits per heavy atom. The third-order valence-electron chi connectivity index (χ3n) is 4.93. The highest BCUT2D eigenvalue weighted by Crippen LogP contribution is 2.12. The number of halogens is 1. The fourth-order valence-corrected chi connectivity index (χ4v) is 3.34. The highest BCUT2D eigenvalue weighted by Gasteiger charge is 2.25. The van der Waals surface area contributed by atoms with E-state index in [0.717, 1.165) is 70.4 Å². The van der Waals surface area contributed by atoms with Gasteiger partial charge in [-0.25, -0.2) is 4.79 Å². The smallest absolute Gasteiger partial charge is 0.410 e. The average molecular weight is 565 g/mol. The maximum absolute atomic E-state index is 12.2. The number of aryl methyl sites for hydroxylation is 1. The molecule has 2 heterocycles. The van der Waals surface area contributed by atoms with Gasteiger partial charge in [-0.05, 0) is 34.1 Å². The van der Waals surface area contributed by atoms with Crippen LogP contribution in [-0.4, -0.2) is 94.6 Å². The maximum Gasteiger partial charge on any atom is 0.410 e. The number of carbonyl (C=O) groups is 1. The molecule has 32 heavy (non-hydrogen) atoms. The number of aromatic nitrogens is 3. The van der Waals surface area contributed by atoms with Crippen molar-refractivity contribution in [2.75, 3.05) is 52.4 Å². The van der Waals surface area contributed by atoms with Gasteiger partial charge in [0.05, 0.1) is 0 Å². The summed E-state index contributed by atoms with van der Waals surface area (Å²) in [6.45, 7) is 17.2. The van der Waals surface area contributed by atoms with Crippen LogP contribution < -0.4 is 10.6 Å². The van der Waals surface area contributed by atoms with E-state index in [1.54, 1.807) is 11.2 Å². The standard InChI is InChI=1S/C21H40N8O2.HI/c1-6-18-26-25-17-29(18)12-10-24-19(22-7-2)23-9-8-11-27-13-15-28(16-14-27)20(30)31-21(3,4)5;/h17H,6-16H2,1-5H3,(H2,22,23,24);1H. The topological polar surface area (TPSA) is 99.9 Å². The Morgan fingerprint density at radius 1 is 1.16 bits per heavy atom. The van der Waals surface area contributed by atoms with Crippen LogP contribution in [0.4, 0.5) is 4.79 Å². The first-order chi connectivity index (χ1) is 14.8. The van der Waals surface area contributed by atoms with Gasteiger partial charge in [-0.15, -0.1) is 34.2 Å². The number of guanidine groups is 1. The monoisotopic (exact) mass is 564 g/mol. The zero-order valence-electron chi connectivity index (χ0n) is 20.3. The summed E-state index contributed by atoms with van der Waals surface area (Å²) in [7, 11) is 0. The van der Waals surface area contributed by atoms with Gasteiger partial charge in [0.15, 0.2) is 5.96 Å². The fourth-order valence-electron chi connectivity index (χ4n) is 3.34. The first-order valence-corrected chi connectivity index (χ1v) is 11.4. The molecule has 1 amide bonds. The molecule has 0 aliphatic carbocycles. The van der Waals surface area contributed by atoms with Crippen molar-refractivity contribution in [2.45, 2.75) is 59.6 Å². The lowest BCUT2D eigenvalue weighted by Gasteiger charge is -2.35. The molecule has 2 N–H and O–H groups in total. The Hall–Kier alpha value is -1.63. The Kier molecular flexibility index (Phi) is 12.9. The van der Waals surface area contributed by atoms with E-state index in [-0.39, 0.29) is 30.1 Å². The molecule has 1 aromatic rings. The highest BCUT2D eigenvalue weighted by molar-refractivity contribution is 14.0. The highest BCUT2D eigenvalue weighted by atomic mass is 127. The van der Waals surface area contributed by atoms with Crippen molar-refractivity contribution >= 4 is 36.0 Å². The van der Waals surface area contributed by atoms with Crippen molar-refractivity contribution < 1.29 is 9.53 Å². The van der Waals surface area contributed by atoms with Gasteiger partial charge in [0.25, 0.3) is 0 Å².